The molecule has 0 aromatic rings. The second kappa shape index (κ2) is 7.99. The lowest BCUT2D eigenvalue weighted by Crippen LogP contribution is -2.36. The first-order chi connectivity index (χ1) is 9.70. The number of rotatable bonds is 5. The van der Waals surface area contributed by atoms with E-state index < -0.39 is 0 Å². The molecule has 2 aliphatic rings. The van der Waals surface area contributed by atoms with Gasteiger partial charge in [0, 0.05) is 32.2 Å². The fraction of sp³-hybridized carbons (Fsp3) is 0.938. The van der Waals surface area contributed by atoms with Crippen molar-refractivity contribution >= 4 is 5.91 Å². The van der Waals surface area contributed by atoms with Gasteiger partial charge in [-0.1, -0.05) is 13.3 Å². The summed E-state index contributed by atoms with van der Waals surface area (Å²) >= 11 is 0. The molecule has 1 aliphatic heterocycles. The van der Waals surface area contributed by atoms with Gasteiger partial charge < -0.3 is 15.4 Å². The van der Waals surface area contributed by atoms with Gasteiger partial charge in [-0.3, -0.25) is 4.79 Å². The Bertz CT molecular complexity index is 309. The van der Waals surface area contributed by atoms with Crippen LogP contribution in [-0.4, -0.2) is 42.6 Å². The number of hydrogen-bond acceptors (Lipinski definition) is 3. The Morgan fingerprint density at radius 3 is 2.75 bits per heavy atom. The van der Waals surface area contributed by atoms with E-state index in [0.717, 1.165) is 58.2 Å². The molecule has 0 aromatic carbocycles. The minimum absolute atomic E-state index is 0.242. The van der Waals surface area contributed by atoms with Gasteiger partial charge in [0.15, 0.2) is 0 Å². The summed E-state index contributed by atoms with van der Waals surface area (Å²) in [6.07, 6.45) is 8.62. The second-order valence-corrected chi connectivity index (χ2v) is 6.36. The van der Waals surface area contributed by atoms with Crippen LogP contribution in [0.15, 0.2) is 0 Å². The van der Waals surface area contributed by atoms with Gasteiger partial charge >= 0.3 is 0 Å². The zero-order chi connectivity index (χ0) is 14.4. The van der Waals surface area contributed by atoms with Crippen molar-refractivity contribution in [1.29, 1.82) is 0 Å². The summed E-state index contributed by atoms with van der Waals surface area (Å²) < 4.78 is 5.83. The van der Waals surface area contributed by atoms with Crippen LogP contribution in [0.2, 0.25) is 0 Å². The Morgan fingerprint density at radius 1 is 1.20 bits per heavy atom. The monoisotopic (exact) mass is 282 g/mol. The number of amides is 1. The molecule has 1 amide bonds. The third kappa shape index (κ3) is 4.45. The van der Waals surface area contributed by atoms with E-state index in [2.05, 4.69) is 6.92 Å². The van der Waals surface area contributed by atoms with E-state index in [9.17, 15) is 4.79 Å². The summed E-state index contributed by atoms with van der Waals surface area (Å²) in [5.74, 6) is 0.724. The first-order valence-electron chi connectivity index (χ1n) is 8.35. The smallest absolute Gasteiger partial charge is 0.222 e. The van der Waals surface area contributed by atoms with Crippen molar-refractivity contribution in [2.24, 2.45) is 11.7 Å². The van der Waals surface area contributed by atoms with Crippen molar-refractivity contribution in [1.82, 2.24) is 4.90 Å². The van der Waals surface area contributed by atoms with Gasteiger partial charge in [0.25, 0.3) is 0 Å². The molecule has 20 heavy (non-hydrogen) atoms. The Hall–Kier alpha value is -0.610. The molecule has 2 N–H and O–H groups in total. The normalized spacial score (nSPS) is 31.3. The maximum atomic E-state index is 12.4. The van der Waals surface area contributed by atoms with Crippen molar-refractivity contribution in [2.45, 2.75) is 70.4 Å². The van der Waals surface area contributed by atoms with Crippen LogP contribution in [0.5, 0.6) is 0 Å². The topological polar surface area (TPSA) is 55.6 Å². The minimum atomic E-state index is 0.242. The van der Waals surface area contributed by atoms with Gasteiger partial charge in [-0.25, -0.2) is 0 Å². The number of carbonyl (C=O) groups is 1. The maximum Gasteiger partial charge on any atom is 0.222 e. The summed E-state index contributed by atoms with van der Waals surface area (Å²) in [7, 11) is 0. The summed E-state index contributed by atoms with van der Waals surface area (Å²) in [6, 6.07) is 0.242. The first kappa shape index (κ1) is 15.8. The van der Waals surface area contributed by atoms with Crippen LogP contribution in [0.1, 0.15) is 58.3 Å². The second-order valence-electron chi connectivity index (χ2n) is 6.36. The molecule has 1 unspecified atom stereocenters. The molecule has 2 rings (SSSR count). The third-order valence-electron chi connectivity index (χ3n) is 4.74. The lowest BCUT2D eigenvalue weighted by Gasteiger charge is -2.23. The highest BCUT2D eigenvalue weighted by Crippen LogP contribution is 2.28. The molecule has 0 spiro atoms. The molecular formula is C16H30N2O2. The van der Waals surface area contributed by atoms with E-state index in [1.165, 1.54) is 6.42 Å². The largest absolute Gasteiger partial charge is 0.378 e. The fourth-order valence-electron chi connectivity index (χ4n) is 3.44. The predicted octanol–water partition coefficient (Wildman–Crippen LogP) is 2.31. The number of ether oxygens (including phenoxy) is 1. The molecule has 4 heteroatoms. The Labute approximate surface area is 123 Å². The lowest BCUT2D eigenvalue weighted by molar-refractivity contribution is -0.132. The Balaban J connectivity index is 1.76. The molecule has 3 atom stereocenters. The van der Waals surface area contributed by atoms with Gasteiger partial charge in [-0.2, -0.15) is 0 Å². The van der Waals surface area contributed by atoms with Crippen LogP contribution in [0.25, 0.3) is 0 Å². The Morgan fingerprint density at radius 2 is 2.05 bits per heavy atom. The van der Waals surface area contributed by atoms with Crippen molar-refractivity contribution in [2.75, 3.05) is 19.7 Å². The number of likely N-dealkylation sites (tertiary alicyclic amines) is 1. The molecule has 1 saturated carbocycles. The minimum Gasteiger partial charge on any atom is -0.378 e. The highest BCUT2D eigenvalue weighted by molar-refractivity contribution is 5.76. The number of carbonyl (C=O) groups excluding carboxylic acids is 1. The zero-order valence-electron chi connectivity index (χ0n) is 12.9. The van der Waals surface area contributed by atoms with Gasteiger partial charge in [-0.05, 0) is 44.4 Å². The fourth-order valence-corrected chi connectivity index (χ4v) is 3.44. The summed E-state index contributed by atoms with van der Waals surface area (Å²) in [6.45, 7) is 4.73. The standard InChI is InChI=1S/C16H30N2O2/c1-2-11-20-14-6-4-9-18(10-8-14)16(19)12-13-5-3-7-15(13)17/h13-15H,2-12,17H2,1H3/t13-,14?,15+/m0/s1. The lowest BCUT2D eigenvalue weighted by atomic mass is 9.99. The molecule has 4 nitrogen and oxygen atoms in total. The molecule has 1 saturated heterocycles. The summed E-state index contributed by atoms with van der Waals surface area (Å²) in [4.78, 5) is 14.4. The van der Waals surface area contributed by atoms with Gasteiger partial charge in [-0.15, -0.1) is 0 Å². The number of nitrogens with two attached hydrogens (primary N) is 1. The van der Waals surface area contributed by atoms with Crippen molar-refractivity contribution in [3.05, 3.63) is 0 Å². The highest BCUT2D eigenvalue weighted by atomic mass is 16.5. The molecule has 116 valence electrons. The molecule has 0 bridgehead atoms. The number of hydrogen-bond donors (Lipinski definition) is 1. The van der Waals surface area contributed by atoms with Crippen LogP contribution in [0.4, 0.5) is 0 Å². The van der Waals surface area contributed by atoms with Crippen LogP contribution in [0, 0.1) is 5.92 Å². The molecule has 0 radical (unpaired) electrons. The van der Waals surface area contributed by atoms with Crippen molar-refractivity contribution in [3.8, 4) is 0 Å². The van der Waals surface area contributed by atoms with E-state index in [-0.39, 0.29) is 6.04 Å². The van der Waals surface area contributed by atoms with Gasteiger partial charge in [0.2, 0.25) is 5.91 Å². The van der Waals surface area contributed by atoms with Crippen LogP contribution in [0.3, 0.4) is 0 Å². The average Bonchev–Trinajstić information content (AvgIpc) is 2.71. The van der Waals surface area contributed by atoms with E-state index in [1.807, 2.05) is 4.90 Å². The molecule has 1 heterocycles. The van der Waals surface area contributed by atoms with Crippen LogP contribution < -0.4 is 5.73 Å². The quantitative estimate of drug-likeness (QED) is 0.842. The van der Waals surface area contributed by atoms with E-state index in [0.29, 0.717) is 24.3 Å². The maximum absolute atomic E-state index is 12.4. The first-order valence-corrected chi connectivity index (χ1v) is 8.35. The summed E-state index contributed by atoms with van der Waals surface area (Å²) in [5, 5.41) is 0. The molecule has 0 aromatic heterocycles. The molecule has 2 fully saturated rings. The van der Waals surface area contributed by atoms with Gasteiger partial charge in [0.05, 0.1) is 6.10 Å². The van der Waals surface area contributed by atoms with Crippen LogP contribution >= 0.6 is 0 Å². The zero-order valence-corrected chi connectivity index (χ0v) is 12.9. The van der Waals surface area contributed by atoms with E-state index in [4.69, 9.17) is 10.5 Å². The summed E-state index contributed by atoms with van der Waals surface area (Å²) in [5.41, 5.74) is 6.07. The van der Waals surface area contributed by atoms with E-state index in [1.54, 1.807) is 0 Å². The molecule has 1 aliphatic carbocycles. The van der Waals surface area contributed by atoms with E-state index >= 15 is 0 Å². The van der Waals surface area contributed by atoms with Crippen molar-refractivity contribution in [3.63, 3.8) is 0 Å². The van der Waals surface area contributed by atoms with Gasteiger partial charge in [0.1, 0.15) is 0 Å². The third-order valence-corrected chi connectivity index (χ3v) is 4.74. The highest BCUT2D eigenvalue weighted by Gasteiger charge is 2.29. The average molecular weight is 282 g/mol. The number of nitrogens with zero attached hydrogens (tertiary/aromatic N) is 1. The SMILES string of the molecule is CCCOC1CCCN(C(=O)C[C@@H]2CCC[C@H]2N)CC1. The van der Waals surface area contributed by atoms with Crippen LogP contribution in [-0.2, 0) is 9.53 Å². The predicted molar refractivity (Wildman–Crippen MR) is 80.4 cm³/mol. The molecular weight excluding hydrogens is 252 g/mol. The Kier molecular flexibility index (Phi) is 6.30. The van der Waals surface area contributed by atoms with Crippen molar-refractivity contribution < 1.29 is 9.53 Å².